The maximum atomic E-state index is 12.6. The maximum absolute atomic E-state index is 12.6. The molecule has 1 unspecified atom stereocenters. The number of thiocarbonyl (C=S) groups is 1. The van der Waals surface area contributed by atoms with Crippen LogP contribution in [-0.4, -0.2) is 30.4 Å². The number of benzene rings is 2. The molecule has 0 spiro atoms. The van der Waals surface area contributed by atoms with Crippen LogP contribution in [0.1, 0.15) is 11.6 Å². The van der Waals surface area contributed by atoms with Crippen molar-refractivity contribution in [3.05, 3.63) is 66.2 Å². The van der Waals surface area contributed by atoms with Crippen LogP contribution in [-0.2, 0) is 10.8 Å². The molecule has 4 N–H and O–H groups in total. The zero-order chi connectivity index (χ0) is 19.9. The van der Waals surface area contributed by atoms with Crippen molar-refractivity contribution in [3.63, 3.8) is 0 Å². The van der Waals surface area contributed by atoms with Crippen molar-refractivity contribution in [2.45, 2.75) is 15.0 Å². The van der Waals surface area contributed by atoms with E-state index in [1.165, 1.54) is 23.1 Å². The largest absolute Gasteiger partial charge is 0.375 e. The highest BCUT2D eigenvalue weighted by molar-refractivity contribution is 8.12. The van der Waals surface area contributed by atoms with Crippen LogP contribution < -0.4 is 16.6 Å². The molecule has 28 heavy (non-hydrogen) atoms. The fourth-order valence-corrected chi connectivity index (χ4v) is 6.14. The van der Waals surface area contributed by atoms with E-state index in [0.717, 1.165) is 20.5 Å². The lowest BCUT2D eigenvalue weighted by Gasteiger charge is -2.26. The average Bonchev–Trinajstić information content (AvgIpc) is 3.17. The molecule has 3 rings (SSSR count). The second-order valence-corrected chi connectivity index (χ2v) is 10.4. The van der Waals surface area contributed by atoms with E-state index < -0.39 is 10.8 Å². The number of nitrogens with two attached hydrogens (primary N) is 1. The van der Waals surface area contributed by atoms with E-state index in [1.807, 2.05) is 60.7 Å². The van der Waals surface area contributed by atoms with Gasteiger partial charge in [-0.25, -0.2) is 5.43 Å². The van der Waals surface area contributed by atoms with Crippen molar-refractivity contribution in [1.82, 2.24) is 21.0 Å². The average molecular weight is 450 g/mol. The van der Waals surface area contributed by atoms with Crippen LogP contribution in [0.15, 0.2) is 65.0 Å². The first kappa shape index (κ1) is 20.9. The normalized spacial score (nSPS) is 14.2. The van der Waals surface area contributed by atoms with Gasteiger partial charge in [0.05, 0.1) is 6.04 Å². The first-order valence-corrected chi connectivity index (χ1v) is 12.0. The topological polar surface area (TPSA) is 92.9 Å². The van der Waals surface area contributed by atoms with Crippen molar-refractivity contribution < 1.29 is 4.21 Å². The minimum atomic E-state index is -1.17. The van der Waals surface area contributed by atoms with E-state index >= 15 is 0 Å². The molecule has 1 heterocycles. The van der Waals surface area contributed by atoms with Gasteiger partial charge < -0.3 is 5.73 Å². The lowest BCUT2D eigenvalue weighted by atomic mass is 10.1. The Bertz CT molecular complexity index is 935. The standard InChI is InChI=1S/C18H19N5OS4/c1-28(24)16(14(20-22-17(19)25)12-8-4-2-5-9-12)27-18-23-21-15(26-18)13-10-6-3-7-11-13/h2-11,14,16,20H,1H3,(H3,19,22,25)/t14-,16-,28?/m0/s1. The third-order valence-electron chi connectivity index (χ3n) is 3.75. The van der Waals surface area contributed by atoms with Gasteiger partial charge in [0.1, 0.15) is 9.59 Å². The minimum Gasteiger partial charge on any atom is -0.375 e. The molecule has 0 aliphatic carbocycles. The lowest BCUT2D eigenvalue weighted by molar-refractivity contribution is 0.533. The molecule has 0 bridgehead atoms. The minimum absolute atomic E-state index is 0.119. The zero-order valence-electron chi connectivity index (χ0n) is 14.9. The molecular weight excluding hydrogens is 431 g/mol. The molecule has 0 saturated carbocycles. The number of hydrogen-bond donors (Lipinski definition) is 3. The Labute approximate surface area is 179 Å². The smallest absolute Gasteiger partial charge is 0.178 e. The van der Waals surface area contributed by atoms with E-state index in [9.17, 15) is 4.21 Å². The molecule has 0 radical (unpaired) electrons. The molecule has 0 amide bonds. The van der Waals surface area contributed by atoms with Gasteiger partial charge >= 0.3 is 0 Å². The first-order chi connectivity index (χ1) is 13.5. The van der Waals surface area contributed by atoms with Crippen LogP contribution in [0.2, 0.25) is 0 Å². The van der Waals surface area contributed by atoms with E-state index in [4.69, 9.17) is 18.0 Å². The first-order valence-electron chi connectivity index (χ1n) is 8.28. The number of thioether (sulfide) groups is 1. The van der Waals surface area contributed by atoms with Crippen LogP contribution in [0.4, 0.5) is 0 Å². The molecular formula is C18H19N5OS4. The van der Waals surface area contributed by atoms with Gasteiger partial charge in [-0.15, -0.1) is 10.2 Å². The summed E-state index contributed by atoms with van der Waals surface area (Å²) in [6.45, 7) is 0. The maximum Gasteiger partial charge on any atom is 0.178 e. The van der Waals surface area contributed by atoms with Crippen molar-refractivity contribution in [3.8, 4) is 10.6 Å². The molecule has 1 aromatic heterocycles. The molecule has 3 aromatic rings. The predicted molar refractivity (Wildman–Crippen MR) is 121 cm³/mol. The molecule has 0 saturated heterocycles. The fourth-order valence-electron chi connectivity index (χ4n) is 2.50. The van der Waals surface area contributed by atoms with Crippen LogP contribution in [0.3, 0.4) is 0 Å². The Morgan fingerprint density at radius 1 is 1.14 bits per heavy atom. The summed E-state index contributed by atoms with van der Waals surface area (Å²) >= 11 is 7.81. The summed E-state index contributed by atoms with van der Waals surface area (Å²) in [5.41, 5.74) is 13.4. The van der Waals surface area contributed by atoms with E-state index in [1.54, 1.807) is 6.26 Å². The number of hydrogen-bond acceptors (Lipinski definition) is 7. The zero-order valence-corrected chi connectivity index (χ0v) is 18.2. The molecule has 10 heteroatoms. The second kappa shape index (κ2) is 10.1. The molecule has 2 aromatic carbocycles. The quantitative estimate of drug-likeness (QED) is 0.274. The Morgan fingerprint density at radius 2 is 1.79 bits per heavy atom. The van der Waals surface area contributed by atoms with Gasteiger partial charge in [-0.2, -0.15) is 0 Å². The summed E-state index contributed by atoms with van der Waals surface area (Å²) in [4.78, 5) is 0. The molecule has 0 fully saturated rings. The Kier molecular flexibility index (Phi) is 7.51. The summed E-state index contributed by atoms with van der Waals surface area (Å²) in [5, 5.41) is 9.51. The van der Waals surface area contributed by atoms with Crippen LogP contribution in [0, 0.1) is 0 Å². The van der Waals surface area contributed by atoms with Crippen molar-refractivity contribution in [2.24, 2.45) is 5.73 Å². The third-order valence-corrected chi connectivity index (χ3v) is 7.98. The van der Waals surface area contributed by atoms with Crippen LogP contribution in [0.25, 0.3) is 10.6 Å². The Hall–Kier alpha value is -1.85. The highest BCUT2D eigenvalue weighted by atomic mass is 32.2. The van der Waals surface area contributed by atoms with Gasteiger partial charge in [0, 0.05) is 22.6 Å². The summed E-state index contributed by atoms with van der Waals surface area (Å²) in [5.74, 6) is 0. The SMILES string of the molecule is CS(=O)[C@H](Sc1nnc(-c2ccccc2)s1)[C@@H](NNC(N)=S)c1ccccc1. The monoisotopic (exact) mass is 449 g/mol. The van der Waals surface area contributed by atoms with Gasteiger partial charge in [0.15, 0.2) is 9.45 Å². The van der Waals surface area contributed by atoms with E-state index in [0.29, 0.717) is 0 Å². The van der Waals surface area contributed by atoms with Gasteiger partial charge in [0.25, 0.3) is 0 Å². The highest BCUT2D eigenvalue weighted by Gasteiger charge is 2.29. The molecule has 0 aliphatic heterocycles. The number of nitrogens with zero attached hydrogens (tertiary/aromatic N) is 2. The summed E-state index contributed by atoms with van der Waals surface area (Å²) in [7, 11) is -1.17. The van der Waals surface area contributed by atoms with E-state index in [-0.39, 0.29) is 15.7 Å². The molecule has 6 nitrogen and oxygen atoms in total. The third kappa shape index (κ3) is 5.58. The second-order valence-electron chi connectivity index (χ2n) is 5.75. The summed E-state index contributed by atoms with van der Waals surface area (Å²) < 4.78 is 13.0. The van der Waals surface area contributed by atoms with Gasteiger partial charge in [0.2, 0.25) is 0 Å². The van der Waals surface area contributed by atoms with Gasteiger partial charge in [-0.1, -0.05) is 83.8 Å². The van der Waals surface area contributed by atoms with Crippen LogP contribution >= 0.6 is 35.3 Å². The molecule has 146 valence electrons. The number of hydrazine groups is 1. The highest BCUT2D eigenvalue weighted by Crippen LogP contribution is 2.37. The van der Waals surface area contributed by atoms with Gasteiger partial charge in [-0.05, 0) is 17.8 Å². The predicted octanol–water partition coefficient (Wildman–Crippen LogP) is 3.08. The fraction of sp³-hybridized carbons (Fsp3) is 0.167. The van der Waals surface area contributed by atoms with Crippen molar-refractivity contribution >= 4 is 51.2 Å². The Balaban J connectivity index is 1.85. The molecule has 0 aliphatic rings. The molecule has 3 atom stereocenters. The van der Waals surface area contributed by atoms with Crippen molar-refractivity contribution in [1.29, 1.82) is 0 Å². The summed E-state index contributed by atoms with van der Waals surface area (Å²) in [6, 6.07) is 19.3. The number of nitrogens with one attached hydrogen (secondary N) is 2. The van der Waals surface area contributed by atoms with Gasteiger partial charge in [-0.3, -0.25) is 9.63 Å². The lowest BCUT2D eigenvalue weighted by Crippen LogP contribution is -2.46. The summed E-state index contributed by atoms with van der Waals surface area (Å²) in [6.07, 6.45) is 1.68. The van der Waals surface area contributed by atoms with Crippen molar-refractivity contribution in [2.75, 3.05) is 6.26 Å². The number of aromatic nitrogens is 2. The van der Waals surface area contributed by atoms with Crippen LogP contribution in [0.5, 0.6) is 0 Å². The van der Waals surface area contributed by atoms with E-state index in [2.05, 4.69) is 21.0 Å². The Morgan fingerprint density at radius 3 is 2.39 bits per heavy atom. The number of rotatable bonds is 8.